The summed E-state index contributed by atoms with van der Waals surface area (Å²) in [6.07, 6.45) is -1.40. The number of nitrogens with one attached hydrogen (secondary N) is 4. The first-order chi connectivity index (χ1) is 27.8. The summed E-state index contributed by atoms with van der Waals surface area (Å²) in [5, 5.41) is 9.62. The summed E-state index contributed by atoms with van der Waals surface area (Å²) in [4.78, 5) is 80.9. The Morgan fingerprint density at radius 2 is 1.24 bits per heavy atom. The second-order valence-corrected chi connectivity index (χ2v) is 16.6. The number of hydrogen-bond donors (Lipinski definition) is 4. The molecule has 0 radical (unpaired) electrons. The van der Waals surface area contributed by atoms with Crippen molar-refractivity contribution < 1.29 is 47.7 Å². The Kier molecular flexibility index (Phi) is 21.3. The minimum absolute atomic E-state index is 0.0242. The Bertz CT molecular complexity index is 1620. The van der Waals surface area contributed by atoms with Crippen LogP contribution in [0.25, 0.3) is 0 Å². The summed E-state index contributed by atoms with van der Waals surface area (Å²) in [7, 11) is 1.23. The molecule has 2 aromatic carbocycles. The van der Waals surface area contributed by atoms with E-state index in [1.807, 2.05) is 58.9 Å². The molecule has 2 rings (SSSR count). The summed E-state index contributed by atoms with van der Waals surface area (Å²) >= 11 is 0. The first-order valence-electron chi connectivity index (χ1n) is 20.4. The summed E-state index contributed by atoms with van der Waals surface area (Å²) in [6.45, 7) is 16.6. The van der Waals surface area contributed by atoms with E-state index in [1.54, 1.807) is 64.1 Å². The number of nitrogens with zero attached hydrogens (tertiary/aromatic N) is 1. The van der Waals surface area contributed by atoms with Crippen LogP contribution in [0.1, 0.15) is 112 Å². The topological polar surface area (TPSA) is 191 Å². The van der Waals surface area contributed by atoms with E-state index in [9.17, 15) is 28.8 Å². The predicted molar refractivity (Wildman–Crippen MR) is 223 cm³/mol. The van der Waals surface area contributed by atoms with E-state index in [2.05, 4.69) is 21.4 Å². The van der Waals surface area contributed by atoms with Crippen molar-refractivity contribution in [3.05, 3.63) is 71.8 Å². The average Bonchev–Trinajstić information content (AvgIpc) is 3.16. The van der Waals surface area contributed by atoms with Crippen molar-refractivity contribution in [1.82, 2.24) is 26.4 Å². The van der Waals surface area contributed by atoms with Crippen LogP contribution < -0.4 is 21.4 Å². The molecule has 5 amide bonds. The molecule has 328 valence electrons. The van der Waals surface area contributed by atoms with E-state index in [-0.39, 0.29) is 44.3 Å². The zero-order valence-corrected chi connectivity index (χ0v) is 36.5. The van der Waals surface area contributed by atoms with E-state index >= 15 is 0 Å². The number of hydrogen-bond acceptors (Lipinski definition) is 10. The van der Waals surface area contributed by atoms with Gasteiger partial charge in [-0.3, -0.25) is 14.4 Å². The van der Waals surface area contributed by atoms with Crippen molar-refractivity contribution in [3.8, 4) is 0 Å². The van der Waals surface area contributed by atoms with Crippen LogP contribution in [-0.2, 0) is 46.5 Å². The van der Waals surface area contributed by atoms with Crippen molar-refractivity contribution in [3.63, 3.8) is 0 Å². The van der Waals surface area contributed by atoms with E-state index in [0.717, 1.165) is 10.6 Å². The smallest absolute Gasteiger partial charge is 0.426 e. The van der Waals surface area contributed by atoms with Crippen LogP contribution in [-0.4, -0.2) is 78.0 Å². The largest absolute Gasteiger partial charge is 0.469 e. The van der Waals surface area contributed by atoms with Crippen LogP contribution in [0.3, 0.4) is 0 Å². The van der Waals surface area contributed by atoms with Crippen molar-refractivity contribution in [2.24, 2.45) is 17.8 Å². The Balaban J connectivity index is 2.48. The average molecular weight is 826 g/mol. The molecule has 0 heterocycles. The third kappa shape index (κ3) is 19.8. The van der Waals surface area contributed by atoms with E-state index < -0.39 is 71.7 Å². The van der Waals surface area contributed by atoms with Crippen molar-refractivity contribution in [2.45, 2.75) is 144 Å². The van der Waals surface area contributed by atoms with Gasteiger partial charge in [-0.15, -0.1) is 0 Å². The number of methoxy groups -OCH3 is 1. The number of rotatable bonds is 21. The Morgan fingerprint density at radius 3 is 1.73 bits per heavy atom. The fraction of sp³-hybridized carbons (Fsp3) is 0.591. The summed E-state index contributed by atoms with van der Waals surface area (Å²) in [5.41, 5.74) is 3.29. The SMILES string of the molecule is CC[C@H](C)[C@@H](C(=O)N[C@@H](CC(C)C)[C@H](CC(=O)OC)NC(=O)OCc1ccccc1)N(NC(=O)OCc1ccccc1)C(=O)CCC(CC(C)C)NC(=O)OC(C)(C)C. The number of alkyl carbamates (subject to hydrolysis) is 2. The van der Waals surface area contributed by atoms with E-state index in [0.29, 0.717) is 24.8 Å². The third-order valence-corrected chi connectivity index (χ3v) is 9.28. The number of carbonyl (C=O) groups is 6. The van der Waals surface area contributed by atoms with Crippen LogP contribution in [0.5, 0.6) is 0 Å². The van der Waals surface area contributed by atoms with Gasteiger partial charge >= 0.3 is 24.2 Å². The highest BCUT2D eigenvalue weighted by Gasteiger charge is 2.38. The number of benzene rings is 2. The molecule has 2 aromatic rings. The molecular formula is C44H67N5O10. The molecule has 0 saturated carbocycles. The molecule has 0 spiro atoms. The fourth-order valence-corrected chi connectivity index (χ4v) is 6.28. The Hall–Kier alpha value is -5.34. The number of amides is 5. The predicted octanol–water partition coefficient (Wildman–Crippen LogP) is 7.18. The zero-order chi connectivity index (χ0) is 44.1. The normalized spacial score (nSPS) is 13.8. The number of ether oxygens (including phenoxy) is 4. The van der Waals surface area contributed by atoms with Gasteiger partial charge in [0.05, 0.1) is 25.6 Å². The lowest BCUT2D eigenvalue weighted by Gasteiger charge is -2.37. The molecule has 0 aromatic heterocycles. The molecule has 0 aliphatic rings. The van der Waals surface area contributed by atoms with Gasteiger partial charge in [0, 0.05) is 12.5 Å². The van der Waals surface area contributed by atoms with Gasteiger partial charge in [0.15, 0.2) is 0 Å². The summed E-state index contributed by atoms with van der Waals surface area (Å²) in [5.74, 6) is -2.25. The number of hydrazine groups is 1. The van der Waals surface area contributed by atoms with Crippen molar-refractivity contribution >= 4 is 36.1 Å². The minimum Gasteiger partial charge on any atom is -0.469 e. The highest BCUT2D eigenvalue weighted by Crippen LogP contribution is 2.21. The molecule has 15 nitrogen and oxygen atoms in total. The van der Waals surface area contributed by atoms with Gasteiger partial charge in [-0.25, -0.2) is 24.8 Å². The molecule has 59 heavy (non-hydrogen) atoms. The monoisotopic (exact) mass is 825 g/mol. The molecule has 1 unspecified atom stereocenters. The second-order valence-electron chi connectivity index (χ2n) is 16.6. The van der Waals surface area contributed by atoms with E-state index in [1.165, 1.54) is 7.11 Å². The molecule has 0 aliphatic carbocycles. The Labute approximate surface area is 350 Å². The number of esters is 1. The quantitative estimate of drug-likeness (QED) is 0.0570. The first kappa shape index (κ1) is 49.8. The maximum absolute atomic E-state index is 14.6. The lowest BCUT2D eigenvalue weighted by Crippen LogP contribution is -2.62. The molecular weight excluding hydrogens is 759 g/mol. The van der Waals surface area contributed by atoms with Gasteiger partial charge in [0.25, 0.3) is 0 Å². The summed E-state index contributed by atoms with van der Waals surface area (Å²) < 4.78 is 21.4. The second kappa shape index (κ2) is 25.2. The molecule has 0 aliphatic heterocycles. The fourth-order valence-electron chi connectivity index (χ4n) is 6.28. The highest BCUT2D eigenvalue weighted by atomic mass is 16.6. The lowest BCUT2D eigenvalue weighted by atomic mass is 9.92. The molecule has 15 heteroatoms. The van der Waals surface area contributed by atoms with Crippen LogP contribution in [0.15, 0.2) is 60.7 Å². The van der Waals surface area contributed by atoms with E-state index in [4.69, 9.17) is 18.9 Å². The molecule has 0 saturated heterocycles. The van der Waals surface area contributed by atoms with Crippen LogP contribution in [0.4, 0.5) is 14.4 Å². The van der Waals surface area contributed by atoms with Crippen LogP contribution in [0, 0.1) is 17.8 Å². The Morgan fingerprint density at radius 1 is 0.695 bits per heavy atom. The van der Waals surface area contributed by atoms with Gasteiger partial charge in [-0.2, -0.15) is 0 Å². The molecule has 4 N–H and O–H groups in total. The zero-order valence-electron chi connectivity index (χ0n) is 36.5. The highest BCUT2D eigenvalue weighted by molar-refractivity contribution is 5.89. The minimum atomic E-state index is -1.27. The first-order valence-corrected chi connectivity index (χ1v) is 20.4. The van der Waals surface area contributed by atoms with Crippen molar-refractivity contribution in [2.75, 3.05) is 7.11 Å². The van der Waals surface area contributed by atoms with Gasteiger partial charge in [0.2, 0.25) is 11.8 Å². The van der Waals surface area contributed by atoms with Gasteiger partial charge < -0.3 is 34.9 Å². The third-order valence-electron chi connectivity index (χ3n) is 9.28. The van der Waals surface area contributed by atoms with Crippen molar-refractivity contribution in [1.29, 1.82) is 0 Å². The van der Waals surface area contributed by atoms with Gasteiger partial charge in [-0.1, -0.05) is 109 Å². The number of carbonyl (C=O) groups excluding carboxylic acids is 6. The standard InChI is InChI=1S/C44H67N5O10/c1-11-31(6)39(40(52)46-35(25-30(4)5)36(26-38(51)56-10)47-41(53)57-27-32-18-14-12-15-19-32)49(48-43(55)58-28-33-20-16-13-17-21-33)37(50)23-22-34(24-29(2)3)45-42(54)59-44(7,8)9/h12-21,29-31,34-36,39H,11,22-28H2,1-10H3,(H,45,54)(H,46,52)(H,47,53)(H,48,55)/t31-,34?,35-,36-,39-/m0/s1. The molecule has 0 fully saturated rings. The summed E-state index contributed by atoms with van der Waals surface area (Å²) in [6, 6.07) is 14.5. The molecule has 5 atom stereocenters. The lowest BCUT2D eigenvalue weighted by molar-refractivity contribution is -0.146. The maximum Gasteiger partial charge on any atom is 0.426 e. The maximum atomic E-state index is 14.6. The van der Waals surface area contributed by atoms with Crippen LogP contribution in [0.2, 0.25) is 0 Å². The van der Waals surface area contributed by atoms with Gasteiger partial charge in [0.1, 0.15) is 24.9 Å². The molecule has 0 bridgehead atoms. The van der Waals surface area contributed by atoms with Gasteiger partial charge in [-0.05, 0) is 68.9 Å². The van der Waals surface area contributed by atoms with Crippen LogP contribution >= 0.6 is 0 Å².